The van der Waals surface area contributed by atoms with Crippen LogP contribution in [0.1, 0.15) is 0 Å². The number of aromatic nitrogens is 2. The van der Waals surface area contributed by atoms with Gasteiger partial charge in [-0.05, 0) is 22.9 Å². The van der Waals surface area contributed by atoms with Crippen molar-refractivity contribution in [2.24, 2.45) is 0 Å². The van der Waals surface area contributed by atoms with E-state index in [1.165, 1.54) is 20.2 Å². The third kappa shape index (κ3) is 1.69. The first kappa shape index (κ1) is 10.4. The maximum atomic E-state index is 2.29. The van der Waals surface area contributed by atoms with Crippen molar-refractivity contribution in [1.29, 1.82) is 0 Å². The van der Waals surface area contributed by atoms with E-state index in [0.717, 1.165) is 13.1 Å². The SMILES string of the molecule is c1cc2cn(CCn3cc4ccsc4c3)cc2s1. The number of aryl methyl sites for hydroxylation is 2. The maximum Gasteiger partial charge on any atom is 0.0519 e. The summed E-state index contributed by atoms with van der Waals surface area (Å²) in [4.78, 5) is 0. The minimum Gasteiger partial charge on any atom is -0.350 e. The number of rotatable bonds is 3. The summed E-state index contributed by atoms with van der Waals surface area (Å²) in [5.74, 6) is 0. The van der Waals surface area contributed by atoms with Gasteiger partial charge in [0, 0.05) is 48.6 Å². The van der Waals surface area contributed by atoms with Crippen molar-refractivity contribution in [3.8, 4) is 0 Å². The zero-order valence-corrected chi connectivity index (χ0v) is 11.4. The largest absolute Gasteiger partial charge is 0.350 e. The summed E-state index contributed by atoms with van der Waals surface area (Å²) >= 11 is 3.62. The average Bonchev–Trinajstić information content (AvgIpc) is 3.04. The van der Waals surface area contributed by atoms with Crippen LogP contribution in [0, 0.1) is 0 Å². The van der Waals surface area contributed by atoms with Gasteiger partial charge >= 0.3 is 0 Å². The van der Waals surface area contributed by atoms with Crippen LogP contribution in [0.4, 0.5) is 0 Å². The Morgan fingerprint density at radius 1 is 0.722 bits per heavy atom. The molecule has 2 nitrogen and oxygen atoms in total. The van der Waals surface area contributed by atoms with Crippen molar-refractivity contribution in [3.05, 3.63) is 47.7 Å². The van der Waals surface area contributed by atoms with Crippen LogP contribution in [0.5, 0.6) is 0 Å². The normalized spacial score (nSPS) is 11.8. The molecule has 0 aliphatic rings. The first-order valence-corrected chi connectivity index (χ1v) is 7.70. The van der Waals surface area contributed by atoms with E-state index in [-0.39, 0.29) is 0 Å². The topological polar surface area (TPSA) is 9.86 Å². The van der Waals surface area contributed by atoms with E-state index in [1.807, 2.05) is 22.7 Å². The second kappa shape index (κ2) is 4.00. The Morgan fingerprint density at radius 2 is 1.22 bits per heavy atom. The van der Waals surface area contributed by atoms with Gasteiger partial charge < -0.3 is 9.13 Å². The number of thiophene rings is 2. The quantitative estimate of drug-likeness (QED) is 0.522. The summed E-state index contributed by atoms with van der Waals surface area (Å²) in [6.45, 7) is 2.06. The van der Waals surface area contributed by atoms with Crippen molar-refractivity contribution < 1.29 is 0 Å². The molecule has 0 spiro atoms. The fourth-order valence-corrected chi connectivity index (χ4v) is 3.94. The molecule has 0 unspecified atom stereocenters. The fourth-order valence-electron chi connectivity index (χ4n) is 2.31. The predicted octanol–water partition coefficient (Wildman–Crippen LogP) is 4.42. The molecule has 0 N–H and O–H groups in total. The smallest absolute Gasteiger partial charge is 0.0519 e. The van der Waals surface area contributed by atoms with Gasteiger partial charge in [-0.25, -0.2) is 0 Å². The van der Waals surface area contributed by atoms with E-state index in [2.05, 4.69) is 56.8 Å². The monoisotopic (exact) mass is 272 g/mol. The Kier molecular flexibility index (Phi) is 2.31. The molecule has 4 heterocycles. The Balaban J connectivity index is 1.55. The summed E-state index contributed by atoms with van der Waals surface area (Å²) in [6, 6.07) is 4.37. The van der Waals surface area contributed by atoms with Crippen LogP contribution in [0.2, 0.25) is 0 Å². The van der Waals surface area contributed by atoms with Crippen molar-refractivity contribution in [2.45, 2.75) is 13.1 Å². The predicted molar refractivity (Wildman–Crippen MR) is 79.6 cm³/mol. The van der Waals surface area contributed by atoms with Gasteiger partial charge in [0.2, 0.25) is 0 Å². The second-order valence-corrected chi connectivity index (χ2v) is 6.37. The van der Waals surface area contributed by atoms with Gasteiger partial charge in [-0.1, -0.05) is 0 Å². The molecule has 0 amide bonds. The average molecular weight is 272 g/mol. The molecule has 0 saturated carbocycles. The van der Waals surface area contributed by atoms with Gasteiger partial charge in [-0.2, -0.15) is 0 Å². The number of fused-ring (bicyclic) bond motifs is 2. The molecule has 4 rings (SSSR count). The summed E-state index contributed by atoms with van der Waals surface area (Å²) in [7, 11) is 0. The van der Waals surface area contributed by atoms with E-state index in [1.54, 1.807) is 0 Å². The zero-order valence-electron chi connectivity index (χ0n) is 9.74. The summed E-state index contributed by atoms with van der Waals surface area (Å²) < 4.78 is 7.33. The van der Waals surface area contributed by atoms with Crippen LogP contribution < -0.4 is 0 Å². The minimum atomic E-state index is 1.03. The third-order valence-electron chi connectivity index (χ3n) is 3.25. The van der Waals surface area contributed by atoms with E-state index in [4.69, 9.17) is 0 Å². The van der Waals surface area contributed by atoms with Gasteiger partial charge in [0.25, 0.3) is 0 Å². The molecule has 0 saturated heterocycles. The summed E-state index contributed by atoms with van der Waals surface area (Å²) in [5, 5.41) is 7.01. The number of hydrogen-bond acceptors (Lipinski definition) is 2. The van der Waals surface area contributed by atoms with E-state index >= 15 is 0 Å². The molecule has 4 aromatic rings. The number of nitrogens with zero attached hydrogens (tertiary/aromatic N) is 2. The van der Waals surface area contributed by atoms with Gasteiger partial charge in [0.15, 0.2) is 0 Å². The first-order chi connectivity index (χ1) is 8.88. The van der Waals surface area contributed by atoms with Crippen LogP contribution in [0.15, 0.2) is 47.7 Å². The number of hydrogen-bond donors (Lipinski definition) is 0. The molecular weight excluding hydrogens is 260 g/mol. The van der Waals surface area contributed by atoms with Crippen LogP contribution >= 0.6 is 22.7 Å². The van der Waals surface area contributed by atoms with Gasteiger partial charge in [0.1, 0.15) is 0 Å². The van der Waals surface area contributed by atoms with Gasteiger partial charge in [-0.3, -0.25) is 0 Å². The Hall–Kier alpha value is -1.52. The van der Waals surface area contributed by atoms with Crippen LogP contribution in [-0.4, -0.2) is 9.13 Å². The Bertz CT molecular complexity index is 674. The minimum absolute atomic E-state index is 1.03. The fraction of sp³-hybridized carbons (Fsp3) is 0.143. The highest BCUT2D eigenvalue weighted by atomic mass is 32.1. The second-order valence-electron chi connectivity index (χ2n) is 4.47. The van der Waals surface area contributed by atoms with Crippen LogP contribution in [0.3, 0.4) is 0 Å². The van der Waals surface area contributed by atoms with Crippen molar-refractivity contribution in [1.82, 2.24) is 9.13 Å². The highest BCUT2D eigenvalue weighted by molar-refractivity contribution is 7.17. The molecule has 0 aromatic carbocycles. The van der Waals surface area contributed by atoms with Gasteiger partial charge in [-0.15, -0.1) is 22.7 Å². The zero-order chi connectivity index (χ0) is 11.9. The molecule has 0 bridgehead atoms. The summed E-state index contributed by atoms with van der Waals surface area (Å²) in [5.41, 5.74) is 0. The molecule has 0 aliphatic heterocycles. The molecule has 0 fully saturated rings. The third-order valence-corrected chi connectivity index (χ3v) is 4.98. The highest BCUT2D eigenvalue weighted by Gasteiger charge is 2.02. The van der Waals surface area contributed by atoms with E-state index in [0.29, 0.717) is 0 Å². The molecule has 0 radical (unpaired) electrons. The Morgan fingerprint density at radius 3 is 1.67 bits per heavy atom. The molecule has 18 heavy (non-hydrogen) atoms. The standard InChI is InChI=1S/C14H12N2S2/c1-5-17-13-9-15(7-11(1)13)3-4-16-8-12-2-6-18-14(12)10-16/h1-2,5-10H,3-4H2. The molecule has 90 valence electrons. The van der Waals surface area contributed by atoms with Gasteiger partial charge in [0.05, 0.1) is 9.40 Å². The lowest BCUT2D eigenvalue weighted by molar-refractivity contribution is 0.586. The lowest BCUT2D eigenvalue weighted by atomic mass is 10.4. The molecule has 4 aromatic heterocycles. The van der Waals surface area contributed by atoms with Crippen LogP contribution in [-0.2, 0) is 13.1 Å². The van der Waals surface area contributed by atoms with Crippen molar-refractivity contribution in [2.75, 3.05) is 0 Å². The molecular formula is C14H12N2S2. The van der Waals surface area contributed by atoms with E-state index < -0.39 is 0 Å². The van der Waals surface area contributed by atoms with Crippen molar-refractivity contribution in [3.63, 3.8) is 0 Å². The molecule has 0 aliphatic carbocycles. The highest BCUT2D eigenvalue weighted by Crippen LogP contribution is 2.23. The first-order valence-electron chi connectivity index (χ1n) is 5.94. The van der Waals surface area contributed by atoms with E-state index in [9.17, 15) is 0 Å². The lowest BCUT2D eigenvalue weighted by Gasteiger charge is -2.03. The maximum absolute atomic E-state index is 2.29. The summed E-state index contributed by atoms with van der Waals surface area (Å²) in [6.07, 6.45) is 8.95. The van der Waals surface area contributed by atoms with Crippen molar-refractivity contribution >= 4 is 42.8 Å². The molecule has 4 heteroatoms. The van der Waals surface area contributed by atoms with Crippen LogP contribution in [0.25, 0.3) is 20.2 Å². The Labute approximate surface area is 113 Å². The molecule has 0 atom stereocenters. The lowest BCUT2D eigenvalue weighted by Crippen LogP contribution is -2.03.